The number of aliphatic hydroxyl groups is 1. The summed E-state index contributed by atoms with van der Waals surface area (Å²) < 4.78 is 5.06. The molecule has 2 rings (SSSR count). The molecule has 0 fully saturated rings. The van der Waals surface area contributed by atoms with Crippen LogP contribution in [0.1, 0.15) is 5.56 Å². The monoisotopic (exact) mass is 298 g/mol. The Morgan fingerprint density at radius 2 is 2.15 bits per heavy atom. The van der Waals surface area contributed by atoms with E-state index in [2.05, 4.69) is 5.32 Å². The third kappa shape index (κ3) is 3.36. The van der Waals surface area contributed by atoms with E-state index in [1.807, 2.05) is 0 Å². The summed E-state index contributed by atoms with van der Waals surface area (Å²) in [6.45, 7) is 1.37. The number of halogens is 1. The Morgan fingerprint density at radius 1 is 1.45 bits per heavy atom. The van der Waals surface area contributed by atoms with Crippen LogP contribution in [0.4, 0.5) is 5.69 Å². The summed E-state index contributed by atoms with van der Waals surface area (Å²) in [7, 11) is 0. The topological polar surface area (TPSA) is 106 Å². The normalized spacial score (nSPS) is 11.8. The zero-order chi connectivity index (χ0) is 14.0. The second kappa shape index (κ2) is 6.51. The first-order chi connectivity index (χ1) is 9.01. The van der Waals surface area contributed by atoms with E-state index in [4.69, 9.17) is 15.3 Å². The quantitative estimate of drug-likeness (QED) is 0.726. The number of nitrogens with two attached hydrogens (primary N) is 1. The molecule has 0 aliphatic rings. The van der Waals surface area contributed by atoms with E-state index in [0.717, 1.165) is 10.9 Å². The summed E-state index contributed by atoms with van der Waals surface area (Å²) in [5.74, 6) is -0.503. The van der Waals surface area contributed by atoms with Gasteiger partial charge in [0, 0.05) is 23.2 Å². The smallest absolute Gasteiger partial charge is 0.336 e. The molecule has 0 saturated heterocycles. The Balaban J connectivity index is 0.00000200. The SMILES string of the molecule is Cc1cc(=O)oc2cc(NC(=O)C(N)CO)ccc12.Cl. The first-order valence-electron chi connectivity index (χ1n) is 5.73. The van der Waals surface area contributed by atoms with Gasteiger partial charge in [0.15, 0.2) is 0 Å². The zero-order valence-corrected chi connectivity index (χ0v) is 11.6. The minimum absolute atomic E-state index is 0. The Morgan fingerprint density at radius 3 is 2.80 bits per heavy atom. The fourth-order valence-corrected chi connectivity index (χ4v) is 1.72. The molecular weight excluding hydrogens is 284 g/mol. The predicted molar refractivity (Wildman–Crippen MR) is 78.2 cm³/mol. The van der Waals surface area contributed by atoms with Crippen LogP contribution in [-0.2, 0) is 4.79 Å². The van der Waals surface area contributed by atoms with Crippen LogP contribution < -0.4 is 16.7 Å². The standard InChI is InChI=1S/C13H14N2O4.ClH/c1-7-4-12(17)19-11-5-8(2-3-9(7)11)15-13(18)10(14)6-16;/h2-5,10,16H,6,14H2,1H3,(H,15,18);1H. The highest BCUT2D eigenvalue weighted by molar-refractivity contribution is 5.96. The number of hydrogen-bond acceptors (Lipinski definition) is 5. The molecular formula is C13H15ClN2O4. The van der Waals surface area contributed by atoms with Crippen LogP contribution in [0.15, 0.2) is 33.5 Å². The average molecular weight is 299 g/mol. The first kappa shape index (κ1) is 16.2. The third-order valence-corrected chi connectivity index (χ3v) is 2.75. The van der Waals surface area contributed by atoms with Gasteiger partial charge in [-0.3, -0.25) is 4.79 Å². The summed E-state index contributed by atoms with van der Waals surface area (Å²) in [4.78, 5) is 22.8. The van der Waals surface area contributed by atoms with Gasteiger partial charge >= 0.3 is 5.63 Å². The molecule has 0 bridgehead atoms. The lowest BCUT2D eigenvalue weighted by Crippen LogP contribution is -2.38. The number of aliphatic hydroxyl groups excluding tert-OH is 1. The molecule has 20 heavy (non-hydrogen) atoms. The Labute approximate surface area is 121 Å². The van der Waals surface area contributed by atoms with E-state index in [1.165, 1.54) is 6.07 Å². The van der Waals surface area contributed by atoms with E-state index in [1.54, 1.807) is 25.1 Å². The van der Waals surface area contributed by atoms with Gasteiger partial charge in [-0.1, -0.05) is 0 Å². The second-order valence-electron chi connectivity index (χ2n) is 4.24. The molecule has 0 saturated carbocycles. The number of amides is 1. The van der Waals surface area contributed by atoms with Crippen molar-refractivity contribution in [3.63, 3.8) is 0 Å². The van der Waals surface area contributed by atoms with Crippen molar-refractivity contribution in [2.75, 3.05) is 11.9 Å². The highest BCUT2D eigenvalue weighted by atomic mass is 35.5. The van der Waals surface area contributed by atoms with E-state index < -0.39 is 24.2 Å². The molecule has 6 nitrogen and oxygen atoms in total. The molecule has 1 atom stereocenters. The molecule has 108 valence electrons. The average Bonchev–Trinajstić information content (AvgIpc) is 2.36. The number of carbonyl (C=O) groups excluding carboxylic acids is 1. The number of fused-ring (bicyclic) bond motifs is 1. The Hall–Kier alpha value is -1.89. The van der Waals surface area contributed by atoms with Crippen LogP contribution in [-0.4, -0.2) is 23.7 Å². The third-order valence-electron chi connectivity index (χ3n) is 2.75. The van der Waals surface area contributed by atoms with Crippen molar-refractivity contribution in [2.24, 2.45) is 5.73 Å². The second-order valence-corrected chi connectivity index (χ2v) is 4.24. The summed E-state index contributed by atoms with van der Waals surface area (Å²) in [5, 5.41) is 12.1. The molecule has 0 spiro atoms. The lowest BCUT2D eigenvalue weighted by atomic mass is 10.1. The van der Waals surface area contributed by atoms with Crippen molar-refractivity contribution in [1.82, 2.24) is 0 Å². The molecule has 0 aliphatic carbocycles. The van der Waals surface area contributed by atoms with Crippen LogP contribution in [0, 0.1) is 6.92 Å². The van der Waals surface area contributed by atoms with Crippen LogP contribution in [0.2, 0.25) is 0 Å². The van der Waals surface area contributed by atoms with Crippen LogP contribution in [0.25, 0.3) is 11.0 Å². The van der Waals surface area contributed by atoms with Gasteiger partial charge in [-0.05, 0) is 24.6 Å². The van der Waals surface area contributed by atoms with Gasteiger partial charge in [-0.2, -0.15) is 0 Å². The van der Waals surface area contributed by atoms with E-state index in [9.17, 15) is 9.59 Å². The molecule has 1 heterocycles. The van der Waals surface area contributed by atoms with Crippen molar-refractivity contribution in [3.8, 4) is 0 Å². The lowest BCUT2D eigenvalue weighted by Gasteiger charge is -2.10. The Bertz CT molecular complexity index is 684. The van der Waals surface area contributed by atoms with E-state index in [-0.39, 0.29) is 12.4 Å². The molecule has 1 aromatic heterocycles. The highest BCUT2D eigenvalue weighted by Gasteiger charge is 2.12. The maximum atomic E-state index is 11.5. The largest absolute Gasteiger partial charge is 0.423 e. The summed E-state index contributed by atoms with van der Waals surface area (Å²) in [6.07, 6.45) is 0. The molecule has 1 amide bonds. The fraction of sp³-hybridized carbons (Fsp3) is 0.231. The predicted octanol–water partition coefficient (Wildman–Crippen LogP) is 0.781. The van der Waals surface area contributed by atoms with Crippen molar-refractivity contribution >= 4 is 35.0 Å². The van der Waals surface area contributed by atoms with Crippen LogP contribution >= 0.6 is 12.4 Å². The van der Waals surface area contributed by atoms with Crippen molar-refractivity contribution in [3.05, 3.63) is 40.2 Å². The maximum Gasteiger partial charge on any atom is 0.336 e. The number of hydrogen-bond donors (Lipinski definition) is 3. The first-order valence-corrected chi connectivity index (χ1v) is 5.73. The molecule has 0 aliphatic heterocycles. The van der Waals surface area contributed by atoms with E-state index in [0.29, 0.717) is 11.3 Å². The highest BCUT2D eigenvalue weighted by Crippen LogP contribution is 2.20. The number of rotatable bonds is 3. The minimum atomic E-state index is -0.986. The van der Waals surface area contributed by atoms with Gasteiger partial charge < -0.3 is 20.6 Å². The van der Waals surface area contributed by atoms with Gasteiger partial charge in [0.1, 0.15) is 11.6 Å². The molecule has 1 aromatic carbocycles. The molecule has 4 N–H and O–H groups in total. The number of aryl methyl sites for hydroxylation is 1. The lowest BCUT2D eigenvalue weighted by molar-refractivity contribution is -0.118. The number of benzene rings is 1. The fourth-order valence-electron chi connectivity index (χ4n) is 1.72. The van der Waals surface area contributed by atoms with Crippen molar-refractivity contribution in [1.29, 1.82) is 0 Å². The van der Waals surface area contributed by atoms with Gasteiger partial charge in [-0.15, -0.1) is 12.4 Å². The van der Waals surface area contributed by atoms with Crippen molar-refractivity contribution < 1.29 is 14.3 Å². The van der Waals surface area contributed by atoms with Gasteiger partial charge in [0.25, 0.3) is 0 Å². The Kier molecular flexibility index (Phi) is 5.26. The summed E-state index contributed by atoms with van der Waals surface area (Å²) in [5.41, 5.74) is 6.59. The maximum absolute atomic E-state index is 11.5. The van der Waals surface area contributed by atoms with Gasteiger partial charge in [0.05, 0.1) is 6.61 Å². The molecule has 1 unspecified atom stereocenters. The molecule has 7 heteroatoms. The minimum Gasteiger partial charge on any atom is -0.423 e. The number of nitrogens with one attached hydrogen (secondary N) is 1. The summed E-state index contributed by atoms with van der Waals surface area (Å²) in [6, 6.07) is 5.39. The van der Waals surface area contributed by atoms with E-state index >= 15 is 0 Å². The molecule has 2 aromatic rings. The van der Waals surface area contributed by atoms with Gasteiger partial charge in [0.2, 0.25) is 5.91 Å². The van der Waals surface area contributed by atoms with Crippen LogP contribution in [0.3, 0.4) is 0 Å². The summed E-state index contributed by atoms with van der Waals surface area (Å²) >= 11 is 0. The van der Waals surface area contributed by atoms with Crippen LogP contribution in [0.5, 0.6) is 0 Å². The van der Waals surface area contributed by atoms with Crippen molar-refractivity contribution in [2.45, 2.75) is 13.0 Å². The zero-order valence-electron chi connectivity index (χ0n) is 10.8. The number of anilines is 1. The molecule has 0 radical (unpaired) electrons. The van der Waals surface area contributed by atoms with Gasteiger partial charge in [-0.25, -0.2) is 4.79 Å². The number of carbonyl (C=O) groups is 1.